The minimum atomic E-state index is -0.0799. The molecule has 2 rings (SSSR count). The van der Waals surface area contributed by atoms with Crippen molar-refractivity contribution in [3.63, 3.8) is 0 Å². The van der Waals surface area contributed by atoms with Gasteiger partial charge in [0.1, 0.15) is 0 Å². The number of carbonyl (C=O) groups is 2. The van der Waals surface area contributed by atoms with Crippen LogP contribution in [-0.4, -0.2) is 73.2 Å². The minimum Gasteiger partial charge on any atom is -0.385 e. The lowest BCUT2D eigenvalue weighted by atomic mass is 10.1. The molecule has 31 heavy (non-hydrogen) atoms. The smallest absolute Gasteiger partial charge is 0.242 e. The van der Waals surface area contributed by atoms with Gasteiger partial charge in [0.2, 0.25) is 11.8 Å². The zero-order valence-corrected chi connectivity index (χ0v) is 19.0. The summed E-state index contributed by atoms with van der Waals surface area (Å²) in [4.78, 5) is 29.5. The molecule has 7 nitrogen and oxygen atoms in total. The predicted molar refractivity (Wildman–Crippen MR) is 121 cm³/mol. The molecule has 0 N–H and O–H groups in total. The monoisotopic (exact) mass is 429 g/mol. The summed E-state index contributed by atoms with van der Waals surface area (Å²) >= 11 is 0. The fraction of sp³-hybridized carbons (Fsp3) is 0.500. The lowest BCUT2D eigenvalue weighted by Crippen LogP contribution is -2.44. The fourth-order valence-electron chi connectivity index (χ4n) is 3.36. The van der Waals surface area contributed by atoms with E-state index in [4.69, 9.17) is 9.47 Å². The molecule has 0 spiro atoms. The molecule has 1 aromatic heterocycles. The van der Waals surface area contributed by atoms with Crippen LogP contribution in [0.2, 0.25) is 0 Å². The van der Waals surface area contributed by atoms with Crippen LogP contribution in [0, 0.1) is 0 Å². The van der Waals surface area contributed by atoms with E-state index in [1.807, 2.05) is 60.3 Å². The molecule has 0 aliphatic rings. The highest BCUT2D eigenvalue weighted by molar-refractivity contribution is 5.85. The molecule has 0 aliphatic heterocycles. The van der Waals surface area contributed by atoms with Crippen LogP contribution >= 0.6 is 0 Å². The average Bonchev–Trinajstić information content (AvgIpc) is 3.19. The van der Waals surface area contributed by atoms with Gasteiger partial charge in [-0.3, -0.25) is 9.59 Å². The van der Waals surface area contributed by atoms with E-state index in [0.717, 1.165) is 11.3 Å². The summed E-state index contributed by atoms with van der Waals surface area (Å²) in [5.41, 5.74) is 2.15. The Balaban J connectivity index is 2.03. The van der Waals surface area contributed by atoms with E-state index in [2.05, 4.69) is 0 Å². The zero-order valence-electron chi connectivity index (χ0n) is 19.0. The summed E-state index contributed by atoms with van der Waals surface area (Å²) in [6, 6.07) is 13.9. The Bertz CT molecular complexity index is 791. The summed E-state index contributed by atoms with van der Waals surface area (Å²) in [6.45, 7) is 2.51. The lowest BCUT2D eigenvalue weighted by Gasteiger charge is -2.28. The van der Waals surface area contributed by atoms with E-state index in [0.29, 0.717) is 52.1 Å². The Morgan fingerprint density at radius 3 is 2.29 bits per heavy atom. The van der Waals surface area contributed by atoms with Crippen molar-refractivity contribution in [3.05, 3.63) is 59.9 Å². The summed E-state index contributed by atoms with van der Waals surface area (Å²) < 4.78 is 12.3. The minimum absolute atomic E-state index is 0.0149. The number of carbonyl (C=O) groups excluding carboxylic acids is 2. The van der Waals surface area contributed by atoms with Crippen molar-refractivity contribution < 1.29 is 19.1 Å². The largest absolute Gasteiger partial charge is 0.385 e. The summed E-state index contributed by atoms with van der Waals surface area (Å²) in [7, 11) is 5.22. The molecule has 0 fully saturated rings. The molecule has 0 radical (unpaired) electrons. The first-order valence-corrected chi connectivity index (χ1v) is 10.7. The van der Waals surface area contributed by atoms with Crippen LogP contribution < -0.4 is 0 Å². The standard InChI is InChI=1S/C24H35N3O4/c1-25-14-7-11-22(25)19-27(16-18-31-3)24(29)20-26(15-8-17-30-2)23(28)13-12-21-9-5-4-6-10-21/h4-7,9-11,14H,8,12-13,15-20H2,1-3H3. The highest BCUT2D eigenvalue weighted by Crippen LogP contribution is 2.09. The quantitative estimate of drug-likeness (QED) is 0.433. The summed E-state index contributed by atoms with van der Waals surface area (Å²) in [5.74, 6) is -0.0948. The first-order chi connectivity index (χ1) is 15.0. The highest BCUT2D eigenvalue weighted by Gasteiger charge is 2.22. The van der Waals surface area contributed by atoms with Gasteiger partial charge in [0.15, 0.2) is 0 Å². The van der Waals surface area contributed by atoms with Crippen molar-refractivity contribution in [3.8, 4) is 0 Å². The van der Waals surface area contributed by atoms with Crippen molar-refractivity contribution >= 4 is 11.8 Å². The number of amides is 2. The van der Waals surface area contributed by atoms with Crippen LogP contribution in [0.3, 0.4) is 0 Å². The molecule has 0 saturated carbocycles. The Morgan fingerprint density at radius 1 is 0.903 bits per heavy atom. The second kappa shape index (κ2) is 13.6. The maximum Gasteiger partial charge on any atom is 0.242 e. The van der Waals surface area contributed by atoms with Crippen molar-refractivity contribution in [1.82, 2.24) is 14.4 Å². The Kier molecular flexibility index (Phi) is 10.8. The van der Waals surface area contributed by atoms with E-state index < -0.39 is 0 Å². The van der Waals surface area contributed by atoms with Crippen LogP contribution in [0.4, 0.5) is 0 Å². The number of hydrogen-bond donors (Lipinski definition) is 0. The predicted octanol–water partition coefficient (Wildman–Crippen LogP) is 2.50. The van der Waals surface area contributed by atoms with E-state index in [1.165, 1.54) is 0 Å². The normalized spacial score (nSPS) is 10.8. The van der Waals surface area contributed by atoms with Crippen LogP contribution in [-0.2, 0) is 39.1 Å². The summed E-state index contributed by atoms with van der Waals surface area (Å²) in [6.07, 6.45) is 3.68. The molecular weight excluding hydrogens is 394 g/mol. The van der Waals surface area contributed by atoms with Gasteiger partial charge in [-0.15, -0.1) is 0 Å². The third-order valence-electron chi connectivity index (χ3n) is 5.25. The highest BCUT2D eigenvalue weighted by atomic mass is 16.5. The van der Waals surface area contributed by atoms with E-state index in [-0.39, 0.29) is 18.4 Å². The topological polar surface area (TPSA) is 64.0 Å². The number of ether oxygens (including phenoxy) is 2. The first kappa shape index (κ1) is 24.6. The zero-order chi connectivity index (χ0) is 22.5. The van der Waals surface area contributed by atoms with Gasteiger partial charge in [0.05, 0.1) is 19.7 Å². The lowest BCUT2D eigenvalue weighted by molar-refractivity contribution is -0.141. The van der Waals surface area contributed by atoms with Crippen LogP contribution in [0.25, 0.3) is 0 Å². The third-order valence-corrected chi connectivity index (χ3v) is 5.25. The van der Waals surface area contributed by atoms with Gasteiger partial charge in [-0.25, -0.2) is 0 Å². The van der Waals surface area contributed by atoms with E-state index >= 15 is 0 Å². The Hall–Kier alpha value is -2.64. The number of methoxy groups -OCH3 is 2. The molecule has 0 saturated heterocycles. The Morgan fingerprint density at radius 2 is 1.65 bits per heavy atom. The molecule has 1 aromatic carbocycles. The molecule has 0 aliphatic carbocycles. The van der Waals surface area contributed by atoms with Crippen LogP contribution in [0.5, 0.6) is 0 Å². The number of aromatic nitrogens is 1. The molecule has 0 bridgehead atoms. The van der Waals surface area contributed by atoms with Crippen LogP contribution in [0.15, 0.2) is 48.7 Å². The number of nitrogens with zero attached hydrogens (tertiary/aromatic N) is 3. The maximum atomic E-state index is 13.1. The fourth-order valence-corrected chi connectivity index (χ4v) is 3.36. The van der Waals surface area contributed by atoms with Crippen LogP contribution in [0.1, 0.15) is 24.1 Å². The van der Waals surface area contributed by atoms with Gasteiger partial charge >= 0.3 is 0 Å². The maximum absolute atomic E-state index is 13.1. The second-order valence-electron chi connectivity index (χ2n) is 7.57. The van der Waals surface area contributed by atoms with Gasteiger partial charge in [-0.1, -0.05) is 30.3 Å². The molecule has 170 valence electrons. The van der Waals surface area contributed by atoms with Crippen molar-refractivity contribution in [2.24, 2.45) is 7.05 Å². The molecule has 7 heteroatoms. The third kappa shape index (κ3) is 8.55. The van der Waals surface area contributed by atoms with E-state index in [9.17, 15) is 9.59 Å². The SMILES string of the molecule is COCCCN(CC(=O)N(CCOC)Cc1cccn1C)C(=O)CCc1ccccc1. The average molecular weight is 430 g/mol. The van der Waals surface area contributed by atoms with Crippen molar-refractivity contribution in [2.45, 2.75) is 25.8 Å². The van der Waals surface area contributed by atoms with Crippen molar-refractivity contribution in [1.29, 1.82) is 0 Å². The van der Waals surface area contributed by atoms with Gasteiger partial charge in [-0.2, -0.15) is 0 Å². The molecule has 0 atom stereocenters. The molecule has 2 aromatic rings. The molecule has 1 heterocycles. The van der Waals surface area contributed by atoms with Gasteiger partial charge in [0, 0.05) is 59.3 Å². The number of benzene rings is 1. The molecule has 0 unspecified atom stereocenters. The summed E-state index contributed by atoms with van der Waals surface area (Å²) in [5, 5.41) is 0. The Labute approximate surface area is 185 Å². The van der Waals surface area contributed by atoms with Crippen molar-refractivity contribution in [2.75, 3.05) is 47.1 Å². The van der Waals surface area contributed by atoms with E-state index in [1.54, 1.807) is 24.0 Å². The number of rotatable bonds is 14. The first-order valence-electron chi connectivity index (χ1n) is 10.7. The second-order valence-corrected chi connectivity index (χ2v) is 7.57. The number of aryl methyl sites for hydroxylation is 2. The van der Waals surface area contributed by atoms with Gasteiger partial charge in [-0.05, 0) is 30.5 Å². The molecular formula is C24H35N3O4. The van der Waals surface area contributed by atoms with Gasteiger partial charge in [0.25, 0.3) is 0 Å². The number of hydrogen-bond acceptors (Lipinski definition) is 4. The molecule has 2 amide bonds. The van der Waals surface area contributed by atoms with Gasteiger partial charge < -0.3 is 23.8 Å².